The minimum Gasteiger partial charge on any atom is -0.464 e. The molecule has 0 fully saturated rings. The number of carbonyl (C=O) groups excluding carboxylic acids is 1. The first-order chi connectivity index (χ1) is 7.99. The molecule has 1 amide bonds. The van der Waals surface area contributed by atoms with Crippen LogP contribution in [0.1, 0.15) is 18.4 Å². The van der Waals surface area contributed by atoms with Crippen LogP contribution in [0.4, 0.5) is 8.78 Å². The van der Waals surface area contributed by atoms with Crippen LogP contribution in [0.3, 0.4) is 0 Å². The number of hydrogen-bond donors (Lipinski definition) is 2. The van der Waals surface area contributed by atoms with Crippen molar-refractivity contribution in [3.05, 3.63) is 23.7 Å². The lowest BCUT2D eigenvalue weighted by atomic mass is 10.3. The average Bonchev–Trinajstić information content (AvgIpc) is 2.70. The second-order valence-electron chi connectivity index (χ2n) is 3.44. The van der Waals surface area contributed by atoms with E-state index < -0.39 is 17.7 Å². The lowest BCUT2D eigenvalue weighted by Gasteiger charge is -2.07. The van der Waals surface area contributed by atoms with Crippen molar-refractivity contribution in [1.29, 1.82) is 0 Å². The first kappa shape index (κ1) is 14.0. The molecular weight excluding hydrogens is 250 g/mol. The fourth-order valence-corrected chi connectivity index (χ4v) is 1.54. The number of rotatable bonds is 7. The molecule has 0 bridgehead atoms. The summed E-state index contributed by atoms with van der Waals surface area (Å²) in [6.45, 7) is 1.97. The van der Waals surface area contributed by atoms with Crippen LogP contribution in [0.25, 0.3) is 0 Å². The highest BCUT2D eigenvalue weighted by Gasteiger charge is 2.10. The highest BCUT2D eigenvalue weighted by atomic mass is 32.2. The molecule has 1 rings (SSSR count). The number of alkyl halides is 2. The van der Waals surface area contributed by atoms with Gasteiger partial charge in [-0.3, -0.25) is 10.1 Å². The van der Waals surface area contributed by atoms with Gasteiger partial charge in [0.1, 0.15) is 11.5 Å². The van der Waals surface area contributed by atoms with Crippen LogP contribution in [0, 0.1) is 0 Å². The molecule has 1 aromatic heterocycles. The second kappa shape index (κ2) is 6.61. The minimum absolute atomic E-state index is 0.128. The van der Waals surface area contributed by atoms with Crippen molar-refractivity contribution in [2.45, 2.75) is 31.0 Å². The fourth-order valence-electron chi connectivity index (χ4n) is 1.09. The van der Waals surface area contributed by atoms with Crippen LogP contribution in [0.15, 0.2) is 16.5 Å². The van der Waals surface area contributed by atoms with E-state index in [-0.39, 0.29) is 5.75 Å². The van der Waals surface area contributed by atoms with E-state index in [0.29, 0.717) is 29.8 Å². The van der Waals surface area contributed by atoms with E-state index in [4.69, 9.17) is 10.2 Å². The number of nitrogens with two attached hydrogens (primary N) is 1. The SMILES string of the molecule is CC(NCc1ccc(CSC(F)F)o1)C(N)=O. The number of nitrogens with one attached hydrogen (secondary N) is 1. The average molecular weight is 264 g/mol. The van der Waals surface area contributed by atoms with Crippen LogP contribution in [0.2, 0.25) is 0 Å². The van der Waals surface area contributed by atoms with Crippen molar-refractivity contribution < 1.29 is 18.0 Å². The summed E-state index contributed by atoms with van der Waals surface area (Å²) < 4.78 is 29.2. The Balaban J connectivity index is 2.38. The Morgan fingerprint density at radius 3 is 2.76 bits per heavy atom. The molecule has 17 heavy (non-hydrogen) atoms. The Kier molecular flexibility index (Phi) is 5.43. The standard InChI is InChI=1S/C10H14F2N2O2S/c1-6(9(13)15)14-4-7-2-3-8(16-7)5-17-10(11)12/h2-3,6,10,14H,4-5H2,1H3,(H2,13,15). The zero-order valence-corrected chi connectivity index (χ0v) is 10.1. The maximum atomic E-state index is 11.9. The van der Waals surface area contributed by atoms with Crippen molar-refractivity contribution >= 4 is 17.7 Å². The molecule has 96 valence electrons. The summed E-state index contributed by atoms with van der Waals surface area (Å²) in [6, 6.07) is 2.86. The maximum absolute atomic E-state index is 11.9. The number of amides is 1. The van der Waals surface area contributed by atoms with Crippen molar-refractivity contribution in [2.24, 2.45) is 5.73 Å². The predicted molar refractivity (Wildman–Crippen MR) is 61.5 cm³/mol. The Labute approximate surface area is 102 Å². The third kappa shape index (κ3) is 5.18. The molecule has 0 aromatic carbocycles. The quantitative estimate of drug-likeness (QED) is 0.786. The third-order valence-corrected chi connectivity index (χ3v) is 2.78. The topological polar surface area (TPSA) is 68.3 Å². The number of primary amides is 1. The fraction of sp³-hybridized carbons (Fsp3) is 0.500. The van der Waals surface area contributed by atoms with Crippen LogP contribution in [0.5, 0.6) is 0 Å². The van der Waals surface area contributed by atoms with Crippen LogP contribution < -0.4 is 11.1 Å². The molecule has 1 aromatic rings. The van der Waals surface area contributed by atoms with E-state index in [9.17, 15) is 13.6 Å². The first-order valence-electron chi connectivity index (χ1n) is 4.99. The smallest absolute Gasteiger partial charge is 0.284 e. The summed E-state index contributed by atoms with van der Waals surface area (Å²) in [5, 5.41) is 2.85. The molecule has 1 heterocycles. The van der Waals surface area contributed by atoms with Gasteiger partial charge in [-0.25, -0.2) is 0 Å². The van der Waals surface area contributed by atoms with Crippen LogP contribution in [-0.2, 0) is 17.1 Å². The van der Waals surface area contributed by atoms with Gasteiger partial charge in [0.15, 0.2) is 0 Å². The number of halogens is 2. The van der Waals surface area contributed by atoms with E-state index in [1.54, 1.807) is 19.1 Å². The molecule has 0 aliphatic heterocycles. The van der Waals surface area contributed by atoms with Gasteiger partial charge in [0.2, 0.25) is 5.91 Å². The first-order valence-corrected chi connectivity index (χ1v) is 6.04. The lowest BCUT2D eigenvalue weighted by molar-refractivity contribution is -0.119. The number of carbonyl (C=O) groups is 1. The molecule has 1 atom stereocenters. The summed E-state index contributed by atoms with van der Waals surface area (Å²) in [4.78, 5) is 10.7. The van der Waals surface area contributed by atoms with Gasteiger partial charge in [-0.2, -0.15) is 8.78 Å². The number of furan rings is 1. The van der Waals surface area contributed by atoms with Crippen molar-refractivity contribution in [3.63, 3.8) is 0 Å². The van der Waals surface area contributed by atoms with Gasteiger partial charge >= 0.3 is 0 Å². The van der Waals surface area contributed by atoms with Crippen molar-refractivity contribution in [1.82, 2.24) is 5.32 Å². The second-order valence-corrected chi connectivity index (χ2v) is 4.42. The third-order valence-electron chi connectivity index (χ3n) is 2.08. The van der Waals surface area contributed by atoms with Gasteiger partial charge in [0.25, 0.3) is 5.76 Å². The zero-order valence-electron chi connectivity index (χ0n) is 9.28. The van der Waals surface area contributed by atoms with E-state index in [0.717, 1.165) is 0 Å². The van der Waals surface area contributed by atoms with Gasteiger partial charge in [-0.1, -0.05) is 11.8 Å². The zero-order chi connectivity index (χ0) is 12.8. The Hall–Kier alpha value is -1.08. The molecule has 1 unspecified atom stereocenters. The molecular formula is C10H14F2N2O2S. The van der Waals surface area contributed by atoms with Gasteiger partial charge in [-0.15, -0.1) is 0 Å². The molecule has 0 saturated heterocycles. The molecule has 3 N–H and O–H groups in total. The molecule has 0 aliphatic carbocycles. The summed E-state index contributed by atoms with van der Waals surface area (Å²) in [5.41, 5.74) is 5.07. The van der Waals surface area contributed by atoms with Gasteiger partial charge in [0.05, 0.1) is 18.3 Å². The van der Waals surface area contributed by atoms with Crippen LogP contribution in [-0.4, -0.2) is 17.7 Å². The van der Waals surface area contributed by atoms with Crippen molar-refractivity contribution in [2.75, 3.05) is 0 Å². The van der Waals surface area contributed by atoms with Gasteiger partial charge in [0, 0.05) is 0 Å². The summed E-state index contributed by atoms with van der Waals surface area (Å²) in [7, 11) is 0. The van der Waals surface area contributed by atoms with Crippen molar-refractivity contribution in [3.8, 4) is 0 Å². The lowest BCUT2D eigenvalue weighted by Crippen LogP contribution is -2.38. The van der Waals surface area contributed by atoms with Crippen LogP contribution >= 0.6 is 11.8 Å². The van der Waals surface area contributed by atoms with E-state index in [1.807, 2.05) is 0 Å². The summed E-state index contributed by atoms with van der Waals surface area (Å²) in [5.74, 6) is -1.66. The molecule has 0 saturated carbocycles. The minimum atomic E-state index is -2.41. The highest BCUT2D eigenvalue weighted by Crippen LogP contribution is 2.21. The maximum Gasteiger partial charge on any atom is 0.284 e. The largest absolute Gasteiger partial charge is 0.464 e. The molecule has 7 heteroatoms. The van der Waals surface area contributed by atoms with E-state index in [1.165, 1.54) is 0 Å². The van der Waals surface area contributed by atoms with Gasteiger partial charge in [-0.05, 0) is 19.1 Å². The Morgan fingerprint density at radius 2 is 2.18 bits per heavy atom. The molecule has 0 radical (unpaired) electrons. The predicted octanol–water partition coefficient (Wildman–Crippen LogP) is 1.70. The summed E-state index contributed by atoms with van der Waals surface area (Å²) >= 11 is 0.505. The number of hydrogen-bond acceptors (Lipinski definition) is 4. The highest BCUT2D eigenvalue weighted by molar-refractivity contribution is 7.98. The Morgan fingerprint density at radius 1 is 1.53 bits per heavy atom. The number of thioether (sulfide) groups is 1. The molecule has 0 aliphatic rings. The Bertz CT molecular complexity index is 371. The monoisotopic (exact) mass is 264 g/mol. The molecule has 0 spiro atoms. The van der Waals surface area contributed by atoms with Gasteiger partial charge < -0.3 is 10.2 Å². The molecule has 4 nitrogen and oxygen atoms in total. The normalized spacial score (nSPS) is 12.9. The van der Waals surface area contributed by atoms with E-state index >= 15 is 0 Å². The summed E-state index contributed by atoms with van der Waals surface area (Å²) in [6.07, 6.45) is 0. The van der Waals surface area contributed by atoms with E-state index in [2.05, 4.69) is 5.32 Å².